The van der Waals surface area contributed by atoms with Gasteiger partial charge in [-0.25, -0.2) is 4.79 Å². The van der Waals surface area contributed by atoms with Gasteiger partial charge in [0.15, 0.2) is 0 Å². The van der Waals surface area contributed by atoms with Crippen LogP contribution in [0.4, 0.5) is 0 Å². The zero-order valence-electron chi connectivity index (χ0n) is 24.7. The van der Waals surface area contributed by atoms with Gasteiger partial charge < -0.3 is 14.2 Å². The molecule has 1 saturated heterocycles. The highest BCUT2D eigenvalue weighted by Crippen LogP contribution is 2.70. The van der Waals surface area contributed by atoms with E-state index in [4.69, 9.17) is 14.2 Å². The van der Waals surface area contributed by atoms with Gasteiger partial charge in [-0.15, -0.1) is 0 Å². The molecule has 0 aromatic heterocycles. The van der Waals surface area contributed by atoms with Crippen LogP contribution >= 0.6 is 0 Å². The van der Waals surface area contributed by atoms with Gasteiger partial charge in [-0.1, -0.05) is 64.3 Å². The minimum absolute atomic E-state index is 0. The van der Waals surface area contributed by atoms with Crippen LogP contribution in [-0.2, 0) is 28.6 Å². The van der Waals surface area contributed by atoms with Gasteiger partial charge in [-0.05, 0) is 105 Å². The van der Waals surface area contributed by atoms with Crippen LogP contribution in [-0.4, -0.2) is 36.2 Å². The summed E-state index contributed by atoms with van der Waals surface area (Å²) in [6.07, 6.45) is 7.42. The lowest BCUT2D eigenvalue weighted by molar-refractivity contribution is -0.200. The minimum atomic E-state index is -0.718. The lowest BCUT2D eigenvalue weighted by Gasteiger charge is -2.52. The Kier molecular flexibility index (Phi) is 9.72. The summed E-state index contributed by atoms with van der Waals surface area (Å²) in [5.74, 6) is 4.00. The Morgan fingerprint density at radius 3 is 1.98 bits per heavy atom. The number of hydrogen-bond acceptors (Lipinski definition) is 6. The van der Waals surface area contributed by atoms with Crippen molar-refractivity contribution in [2.75, 3.05) is 6.61 Å². The number of carbonyl (C=O) groups is 3. The number of rotatable bonds is 5. The van der Waals surface area contributed by atoms with Gasteiger partial charge in [0.1, 0.15) is 5.60 Å². The molecule has 0 aromatic rings. The van der Waals surface area contributed by atoms with E-state index in [9.17, 15) is 14.4 Å². The van der Waals surface area contributed by atoms with Crippen molar-refractivity contribution in [1.82, 2.24) is 0 Å². The van der Waals surface area contributed by atoms with E-state index in [0.717, 1.165) is 32.1 Å². The average molecular weight is 605 g/mol. The van der Waals surface area contributed by atoms with Crippen molar-refractivity contribution in [2.24, 2.45) is 75.9 Å². The molecule has 14 atom stereocenters. The average Bonchev–Trinajstić information content (AvgIpc) is 3.71. The molecule has 14 unspecified atom stereocenters. The third kappa shape index (κ3) is 4.72. The predicted octanol–water partition coefficient (Wildman–Crippen LogP) is 8.35. The summed E-state index contributed by atoms with van der Waals surface area (Å²) in [4.78, 5) is 39.0. The van der Waals surface area contributed by atoms with Crippen molar-refractivity contribution in [3.8, 4) is 0 Å². The monoisotopic (exact) mass is 604 g/mol. The fourth-order valence-corrected chi connectivity index (χ4v) is 12.0. The summed E-state index contributed by atoms with van der Waals surface area (Å²) in [6, 6.07) is 0. The Labute approximate surface area is 263 Å². The fourth-order valence-electron chi connectivity index (χ4n) is 12.0. The van der Waals surface area contributed by atoms with Crippen LogP contribution in [0.5, 0.6) is 0 Å². The first-order valence-electron chi connectivity index (χ1n) is 16.0. The van der Waals surface area contributed by atoms with Crippen molar-refractivity contribution < 1.29 is 28.6 Å². The van der Waals surface area contributed by atoms with E-state index in [0.29, 0.717) is 66.3 Å². The number of ether oxygens (including phenoxy) is 3. The van der Waals surface area contributed by atoms with Gasteiger partial charge in [0, 0.05) is 17.3 Å². The molecule has 6 heteroatoms. The van der Waals surface area contributed by atoms with E-state index in [1.807, 2.05) is 0 Å². The highest BCUT2D eigenvalue weighted by molar-refractivity contribution is 5.82. The molecule has 0 aromatic carbocycles. The normalized spacial score (nSPS) is 49.3. The molecule has 1 aliphatic heterocycles. The van der Waals surface area contributed by atoms with E-state index in [1.54, 1.807) is 0 Å². The molecule has 7 fully saturated rings. The van der Waals surface area contributed by atoms with E-state index in [2.05, 4.69) is 41.5 Å². The van der Waals surface area contributed by atoms with Crippen LogP contribution in [0.1, 0.15) is 123 Å². The lowest BCUT2D eigenvalue weighted by atomic mass is 9.60. The maximum Gasteiger partial charge on any atom is 0.347 e. The molecule has 0 spiro atoms. The number of esters is 3. The van der Waals surface area contributed by atoms with Crippen LogP contribution in [0, 0.1) is 75.9 Å². The molecule has 43 heavy (non-hydrogen) atoms. The topological polar surface area (TPSA) is 78.9 Å². The van der Waals surface area contributed by atoms with Gasteiger partial charge >= 0.3 is 17.9 Å². The van der Waals surface area contributed by atoms with E-state index < -0.39 is 17.7 Å². The van der Waals surface area contributed by atoms with Gasteiger partial charge in [0.2, 0.25) is 6.10 Å². The van der Waals surface area contributed by atoms with Gasteiger partial charge in [0.25, 0.3) is 0 Å². The molecular weight excluding hydrogens is 540 g/mol. The second-order valence-electron chi connectivity index (χ2n) is 15.9. The van der Waals surface area contributed by atoms with E-state index >= 15 is 0 Å². The van der Waals surface area contributed by atoms with Crippen LogP contribution in [0.25, 0.3) is 0 Å². The zero-order valence-corrected chi connectivity index (χ0v) is 24.7. The van der Waals surface area contributed by atoms with Gasteiger partial charge in [-0.3, -0.25) is 9.59 Å². The standard InChI is InChI=1S/C33H48O6.4CH4/c1-16-18-11-22(24(12-18)29(35)39-33(6)31(3,4)20-7-9-32(33,5)15-20)27(16)26-17(2)21-13-19(26)14-23(21)28(34)38-25-8-10-37-30(25)36;;;;/h16-27H,7-15H2,1-6H3;4*1H4. The molecule has 7 rings (SSSR count). The number of fused-ring (bicyclic) bond motifs is 6. The summed E-state index contributed by atoms with van der Waals surface area (Å²) in [7, 11) is 0. The van der Waals surface area contributed by atoms with Gasteiger partial charge in [-0.2, -0.15) is 0 Å². The maximum absolute atomic E-state index is 14.0. The second-order valence-corrected chi connectivity index (χ2v) is 15.9. The summed E-state index contributed by atoms with van der Waals surface area (Å²) in [5, 5.41) is 0. The quantitative estimate of drug-likeness (QED) is 0.232. The molecule has 0 amide bonds. The fraction of sp³-hybridized carbons (Fsp3) is 0.919. The molecule has 248 valence electrons. The van der Waals surface area contributed by atoms with E-state index in [1.165, 1.54) is 12.8 Å². The SMILES string of the molecule is C.C.C.C.CC1C2CC(CC2C(=O)OC2CCOC2=O)C1C1C(C)C2CC(C(=O)OC3(C)C4(C)CCC(C4)C3(C)C)C1C2. The smallest absolute Gasteiger partial charge is 0.347 e. The van der Waals surface area contributed by atoms with Crippen molar-refractivity contribution in [3.05, 3.63) is 0 Å². The molecule has 1 heterocycles. The molecule has 6 nitrogen and oxygen atoms in total. The Morgan fingerprint density at radius 1 is 0.791 bits per heavy atom. The van der Waals surface area contributed by atoms with Crippen LogP contribution in [0.15, 0.2) is 0 Å². The highest BCUT2D eigenvalue weighted by atomic mass is 16.6. The maximum atomic E-state index is 14.0. The molecule has 0 N–H and O–H groups in total. The highest BCUT2D eigenvalue weighted by Gasteiger charge is 2.70. The summed E-state index contributed by atoms with van der Waals surface area (Å²) in [6.45, 7) is 14.4. The summed E-state index contributed by atoms with van der Waals surface area (Å²) >= 11 is 0. The lowest BCUT2D eigenvalue weighted by Crippen LogP contribution is -2.55. The third-order valence-corrected chi connectivity index (χ3v) is 14.6. The molecule has 6 aliphatic carbocycles. The van der Waals surface area contributed by atoms with E-state index in [-0.39, 0.29) is 64.3 Å². The van der Waals surface area contributed by atoms with Crippen LogP contribution in [0.3, 0.4) is 0 Å². The first-order chi connectivity index (χ1) is 18.4. The Balaban J connectivity index is 0.00000127. The predicted molar refractivity (Wildman–Crippen MR) is 171 cm³/mol. The minimum Gasteiger partial charge on any atom is -0.463 e. The first kappa shape index (κ1) is 35.9. The van der Waals surface area contributed by atoms with Gasteiger partial charge in [0.05, 0.1) is 18.4 Å². The third-order valence-electron chi connectivity index (χ3n) is 14.6. The largest absolute Gasteiger partial charge is 0.463 e. The first-order valence-corrected chi connectivity index (χ1v) is 16.0. The molecule has 6 bridgehead atoms. The Hall–Kier alpha value is -1.59. The van der Waals surface area contributed by atoms with Crippen molar-refractivity contribution >= 4 is 17.9 Å². The molecule has 7 aliphatic rings. The second kappa shape index (κ2) is 11.6. The molecular formula is C37H64O6. The molecule has 6 saturated carbocycles. The van der Waals surface area contributed by atoms with Crippen molar-refractivity contribution in [3.63, 3.8) is 0 Å². The number of carbonyl (C=O) groups excluding carboxylic acids is 3. The number of cyclic esters (lactones) is 1. The van der Waals surface area contributed by atoms with Crippen molar-refractivity contribution in [2.45, 2.75) is 134 Å². The summed E-state index contributed by atoms with van der Waals surface area (Å²) in [5.41, 5.74) is -0.307. The Bertz CT molecular complexity index is 1070. The molecule has 0 radical (unpaired) electrons. The summed E-state index contributed by atoms with van der Waals surface area (Å²) < 4.78 is 17.3. The Morgan fingerprint density at radius 2 is 1.42 bits per heavy atom. The van der Waals surface area contributed by atoms with Crippen LogP contribution < -0.4 is 0 Å². The van der Waals surface area contributed by atoms with Crippen molar-refractivity contribution in [1.29, 1.82) is 0 Å². The zero-order chi connectivity index (χ0) is 27.6. The number of hydrogen-bond donors (Lipinski definition) is 0. The van der Waals surface area contributed by atoms with Crippen LogP contribution in [0.2, 0.25) is 0 Å².